The molecule has 0 saturated heterocycles. The molecule has 9 heteroatoms. The van der Waals surface area contributed by atoms with Crippen molar-refractivity contribution in [2.24, 2.45) is 0 Å². The van der Waals surface area contributed by atoms with E-state index in [-0.39, 0.29) is 11.1 Å². The largest absolute Gasteiger partial charge is 0.306 e. The quantitative estimate of drug-likeness (QED) is 0.452. The van der Waals surface area contributed by atoms with Gasteiger partial charge in [-0.1, -0.05) is 6.07 Å². The zero-order valence-electron chi connectivity index (χ0n) is 19.9. The minimum absolute atomic E-state index is 0.0519. The van der Waals surface area contributed by atoms with Crippen molar-refractivity contribution in [2.75, 3.05) is 5.32 Å². The predicted molar refractivity (Wildman–Crippen MR) is 129 cm³/mol. The topological polar surface area (TPSA) is 90.5 Å². The fourth-order valence-electron chi connectivity index (χ4n) is 4.80. The molecule has 0 unspecified atom stereocenters. The Labute approximate surface area is 202 Å². The van der Waals surface area contributed by atoms with E-state index in [1.807, 2.05) is 23.8 Å². The van der Waals surface area contributed by atoms with Gasteiger partial charge < -0.3 is 14.5 Å². The molecule has 0 spiro atoms. The second-order valence-corrected chi connectivity index (χ2v) is 10.0. The molecule has 35 heavy (non-hydrogen) atoms. The summed E-state index contributed by atoms with van der Waals surface area (Å²) in [6, 6.07) is 8.26. The number of benzene rings is 1. The van der Waals surface area contributed by atoms with Gasteiger partial charge in [-0.3, -0.25) is 4.79 Å². The van der Waals surface area contributed by atoms with E-state index in [4.69, 9.17) is 0 Å². The first-order chi connectivity index (χ1) is 16.8. The monoisotopic (exact) mass is 471 g/mol. The van der Waals surface area contributed by atoms with E-state index in [1.54, 1.807) is 24.5 Å². The molecule has 4 heterocycles. The number of anilines is 1. The summed E-state index contributed by atoms with van der Waals surface area (Å²) in [5.74, 6) is 1.27. The number of pyridine rings is 1. The average Bonchev–Trinajstić information content (AvgIpc) is 3.25. The number of nitrogens with one attached hydrogen (secondary N) is 1. The van der Waals surface area contributed by atoms with Crippen LogP contribution >= 0.6 is 0 Å². The number of carbonyl (C=O) groups excluding carboxylic acids is 1. The van der Waals surface area contributed by atoms with E-state index in [9.17, 15) is 9.18 Å². The van der Waals surface area contributed by atoms with Crippen LogP contribution in [0.2, 0.25) is 0 Å². The summed E-state index contributed by atoms with van der Waals surface area (Å²) in [7, 11) is 0. The normalized spacial score (nSPS) is 16.3. The first-order valence-corrected chi connectivity index (χ1v) is 11.9. The summed E-state index contributed by atoms with van der Waals surface area (Å²) in [5, 5.41) is 11.4. The Bertz CT molecular complexity index is 1460. The number of aromatic nitrogens is 6. The van der Waals surface area contributed by atoms with Crippen LogP contribution in [-0.4, -0.2) is 35.2 Å². The van der Waals surface area contributed by atoms with Crippen LogP contribution in [0.4, 0.5) is 10.2 Å². The summed E-state index contributed by atoms with van der Waals surface area (Å²) in [5.41, 5.74) is 2.92. The van der Waals surface area contributed by atoms with Crippen LogP contribution in [-0.2, 0) is 12.0 Å². The number of amides is 1. The Hall–Kier alpha value is -3.88. The second kappa shape index (κ2) is 7.83. The molecule has 0 bridgehead atoms. The molecule has 1 aliphatic carbocycles. The molecule has 4 aromatic rings. The van der Waals surface area contributed by atoms with E-state index in [1.165, 1.54) is 6.07 Å². The van der Waals surface area contributed by atoms with Crippen LogP contribution in [0.15, 0.2) is 42.9 Å². The first-order valence-electron chi connectivity index (χ1n) is 11.9. The molecule has 1 N–H and O–H groups in total. The second-order valence-electron chi connectivity index (χ2n) is 10.0. The maximum atomic E-state index is 14.9. The van der Waals surface area contributed by atoms with E-state index in [0.29, 0.717) is 23.3 Å². The van der Waals surface area contributed by atoms with Gasteiger partial charge in [0.2, 0.25) is 0 Å². The van der Waals surface area contributed by atoms with Gasteiger partial charge in [-0.05, 0) is 69.9 Å². The van der Waals surface area contributed by atoms with Crippen LogP contribution < -0.4 is 5.32 Å². The molecule has 1 aromatic carbocycles. The molecule has 3 aromatic heterocycles. The lowest BCUT2D eigenvalue weighted by molar-refractivity contribution is 0.102. The Morgan fingerprint density at radius 1 is 1.20 bits per heavy atom. The minimum Gasteiger partial charge on any atom is -0.306 e. The van der Waals surface area contributed by atoms with Crippen molar-refractivity contribution in [1.29, 1.82) is 0 Å². The van der Waals surface area contributed by atoms with Crippen molar-refractivity contribution in [3.63, 3.8) is 0 Å². The van der Waals surface area contributed by atoms with Crippen molar-refractivity contribution in [3.8, 4) is 17.2 Å². The van der Waals surface area contributed by atoms with Crippen LogP contribution in [0.5, 0.6) is 0 Å². The highest BCUT2D eigenvalue weighted by Gasteiger charge is 2.34. The third-order valence-electron chi connectivity index (χ3n) is 6.92. The molecule has 8 nitrogen and oxygen atoms in total. The number of carbonyl (C=O) groups is 1. The number of halogens is 1. The summed E-state index contributed by atoms with van der Waals surface area (Å²) < 4.78 is 18.8. The van der Waals surface area contributed by atoms with E-state index >= 15 is 0 Å². The molecule has 1 saturated carbocycles. The van der Waals surface area contributed by atoms with Crippen LogP contribution in [0, 0.1) is 12.7 Å². The lowest BCUT2D eigenvalue weighted by Gasteiger charge is -2.22. The third kappa shape index (κ3) is 3.80. The zero-order chi connectivity index (χ0) is 24.3. The van der Waals surface area contributed by atoms with Crippen molar-refractivity contribution in [1.82, 2.24) is 29.3 Å². The highest BCUT2D eigenvalue weighted by Crippen LogP contribution is 2.39. The van der Waals surface area contributed by atoms with Crippen LogP contribution in [0.25, 0.3) is 17.2 Å². The maximum absolute atomic E-state index is 14.9. The first kappa shape index (κ1) is 21.6. The molecule has 0 atom stereocenters. The van der Waals surface area contributed by atoms with Gasteiger partial charge in [-0.15, -0.1) is 10.2 Å². The van der Waals surface area contributed by atoms with E-state index < -0.39 is 11.7 Å². The summed E-state index contributed by atoms with van der Waals surface area (Å²) >= 11 is 0. The van der Waals surface area contributed by atoms with Gasteiger partial charge in [0.1, 0.15) is 23.2 Å². The summed E-state index contributed by atoms with van der Waals surface area (Å²) in [4.78, 5) is 22.2. The average molecular weight is 472 g/mol. The van der Waals surface area contributed by atoms with Crippen LogP contribution in [0.1, 0.15) is 66.5 Å². The van der Waals surface area contributed by atoms with Gasteiger partial charge in [0, 0.05) is 24.1 Å². The fraction of sp³-hybridized carbons (Fsp3) is 0.346. The van der Waals surface area contributed by atoms with Crippen LogP contribution in [0.3, 0.4) is 0 Å². The lowest BCUT2D eigenvalue weighted by Crippen LogP contribution is -2.22. The number of rotatable bonds is 5. The Kier molecular flexibility index (Phi) is 4.84. The maximum Gasteiger partial charge on any atom is 0.259 e. The molecular weight excluding hydrogens is 445 g/mol. The molecule has 2 aliphatic rings. The smallest absolute Gasteiger partial charge is 0.259 e. The van der Waals surface area contributed by atoms with Gasteiger partial charge in [-0.25, -0.2) is 14.4 Å². The highest BCUT2D eigenvalue weighted by atomic mass is 19.1. The summed E-state index contributed by atoms with van der Waals surface area (Å²) in [6.45, 7) is 6.11. The lowest BCUT2D eigenvalue weighted by atomic mass is 10.0. The number of imidazole rings is 1. The molecule has 178 valence electrons. The third-order valence-corrected chi connectivity index (χ3v) is 6.92. The van der Waals surface area contributed by atoms with Crippen molar-refractivity contribution < 1.29 is 9.18 Å². The SMILES string of the molecule is Cc1cc(F)c(C(=O)Nc2cccc(-c3nnc4n3C(C)(C)CC4)n2)cc1-n1cnc(C2CC2)c1. The molecule has 1 aliphatic heterocycles. The van der Waals surface area contributed by atoms with Gasteiger partial charge in [0.25, 0.3) is 5.91 Å². The molecule has 6 rings (SSSR count). The zero-order valence-corrected chi connectivity index (χ0v) is 19.9. The van der Waals surface area contributed by atoms with Crippen molar-refractivity contribution in [3.05, 3.63) is 71.3 Å². The van der Waals surface area contributed by atoms with E-state index in [0.717, 1.165) is 48.5 Å². The highest BCUT2D eigenvalue weighted by molar-refractivity contribution is 6.04. The number of hydrogen-bond donors (Lipinski definition) is 1. The number of nitrogens with zero attached hydrogens (tertiary/aromatic N) is 6. The van der Waals surface area contributed by atoms with E-state index in [2.05, 4.69) is 43.9 Å². The molecule has 1 amide bonds. The molecule has 0 radical (unpaired) electrons. The van der Waals surface area contributed by atoms with Crippen molar-refractivity contribution in [2.45, 2.75) is 57.9 Å². The minimum atomic E-state index is -0.584. The standard InChI is InChI=1S/C26H26FN7O/c1-15-11-18(27)17(12-21(15)33-13-20(28-14-33)16-7-8-16)25(35)30-22-6-4-5-19(29-22)24-32-31-23-9-10-26(2,3)34(23)24/h4-6,11-14,16H,7-10H2,1-3H3,(H,29,30,35). The summed E-state index contributed by atoms with van der Waals surface area (Å²) in [6.07, 6.45) is 7.82. The Morgan fingerprint density at radius 3 is 2.83 bits per heavy atom. The predicted octanol–water partition coefficient (Wildman–Crippen LogP) is 4.78. The fourth-order valence-corrected chi connectivity index (χ4v) is 4.80. The van der Waals surface area contributed by atoms with Gasteiger partial charge in [0.15, 0.2) is 5.82 Å². The molecular formula is C26H26FN7O. The van der Waals surface area contributed by atoms with Crippen molar-refractivity contribution >= 4 is 11.7 Å². The Morgan fingerprint density at radius 2 is 2.03 bits per heavy atom. The molecule has 1 fully saturated rings. The number of aryl methyl sites for hydroxylation is 2. The van der Waals surface area contributed by atoms with Gasteiger partial charge in [0.05, 0.1) is 23.3 Å². The van der Waals surface area contributed by atoms with Gasteiger partial charge >= 0.3 is 0 Å². The van der Waals surface area contributed by atoms with Gasteiger partial charge in [-0.2, -0.15) is 0 Å². The number of hydrogen-bond acceptors (Lipinski definition) is 5. The Balaban J connectivity index is 1.29. The number of fused-ring (bicyclic) bond motifs is 1.